The second-order valence-electron chi connectivity index (χ2n) is 4.16. The molecule has 2 heterocycles. The Bertz CT molecular complexity index is 782. The zero-order valence-corrected chi connectivity index (χ0v) is 14.2. The predicted octanol–water partition coefficient (Wildman–Crippen LogP) is 5.58. The van der Waals surface area contributed by atoms with Crippen molar-refractivity contribution in [1.29, 1.82) is 0 Å². The minimum absolute atomic E-state index is 0.569. The molecular formula is C13H8BrCl2N3S. The molecule has 0 spiro atoms. The smallest absolute Gasteiger partial charge is 0.160 e. The topological polar surface area (TPSA) is 41.6 Å². The third-order valence-corrected chi connectivity index (χ3v) is 4.77. The van der Waals surface area contributed by atoms with Gasteiger partial charge in [-0.15, -0.1) is 11.3 Å². The first-order chi connectivity index (χ1) is 9.54. The number of H-pyrrole nitrogens is 1. The molecule has 0 amide bonds. The van der Waals surface area contributed by atoms with Crippen LogP contribution in [-0.4, -0.2) is 15.0 Å². The molecule has 0 atom stereocenters. The second-order valence-corrected chi connectivity index (χ2v) is 7.28. The SMILES string of the molecule is Cc1c[nH]c(-c2sc(Br)nc2-c2ccc(Cl)cc2Cl)n1. The molecule has 1 N–H and O–H groups in total. The van der Waals surface area contributed by atoms with Gasteiger partial charge in [0.1, 0.15) is 5.82 Å². The Balaban J connectivity index is 2.19. The fourth-order valence-electron chi connectivity index (χ4n) is 1.85. The van der Waals surface area contributed by atoms with Gasteiger partial charge in [0.25, 0.3) is 0 Å². The minimum atomic E-state index is 0.569. The maximum Gasteiger partial charge on any atom is 0.160 e. The molecule has 0 unspecified atom stereocenters. The Hall–Kier alpha value is -0.880. The maximum atomic E-state index is 6.27. The van der Waals surface area contributed by atoms with E-state index < -0.39 is 0 Å². The van der Waals surface area contributed by atoms with E-state index in [0.717, 1.165) is 31.6 Å². The number of halogens is 3. The van der Waals surface area contributed by atoms with E-state index in [1.165, 1.54) is 11.3 Å². The van der Waals surface area contributed by atoms with Gasteiger partial charge >= 0.3 is 0 Å². The number of nitrogens with zero attached hydrogens (tertiary/aromatic N) is 2. The fourth-order valence-corrected chi connectivity index (χ4v) is 3.77. The number of aromatic nitrogens is 3. The van der Waals surface area contributed by atoms with Gasteiger partial charge in [0.05, 0.1) is 21.3 Å². The molecule has 0 saturated carbocycles. The molecule has 3 nitrogen and oxygen atoms in total. The number of aromatic amines is 1. The Morgan fingerprint density at radius 3 is 2.70 bits per heavy atom. The summed E-state index contributed by atoms with van der Waals surface area (Å²) in [6.45, 7) is 1.94. The lowest BCUT2D eigenvalue weighted by Crippen LogP contribution is -1.85. The highest BCUT2D eigenvalue weighted by molar-refractivity contribution is 9.11. The van der Waals surface area contributed by atoms with Crippen molar-refractivity contribution >= 4 is 50.5 Å². The van der Waals surface area contributed by atoms with Crippen LogP contribution >= 0.6 is 50.5 Å². The average Bonchev–Trinajstić information content (AvgIpc) is 2.95. The lowest BCUT2D eigenvalue weighted by Gasteiger charge is -2.03. The molecule has 20 heavy (non-hydrogen) atoms. The van der Waals surface area contributed by atoms with Gasteiger partial charge in [0.15, 0.2) is 3.92 Å². The van der Waals surface area contributed by atoms with Gasteiger partial charge in [0, 0.05) is 16.8 Å². The number of hydrogen-bond acceptors (Lipinski definition) is 3. The van der Waals surface area contributed by atoms with Crippen molar-refractivity contribution in [3.63, 3.8) is 0 Å². The van der Waals surface area contributed by atoms with Gasteiger partial charge in [-0.05, 0) is 41.1 Å². The molecule has 102 valence electrons. The van der Waals surface area contributed by atoms with Crippen LogP contribution in [0.2, 0.25) is 10.0 Å². The van der Waals surface area contributed by atoms with Crippen molar-refractivity contribution in [2.24, 2.45) is 0 Å². The molecule has 7 heteroatoms. The van der Waals surface area contributed by atoms with E-state index >= 15 is 0 Å². The second kappa shape index (κ2) is 5.48. The van der Waals surface area contributed by atoms with Crippen molar-refractivity contribution in [3.8, 4) is 22.0 Å². The van der Waals surface area contributed by atoms with Crippen molar-refractivity contribution < 1.29 is 0 Å². The molecule has 0 radical (unpaired) electrons. The average molecular weight is 389 g/mol. The van der Waals surface area contributed by atoms with Crippen LogP contribution in [0.4, 0.5) is 0 Å². The van der Waals surface area contributed by atoms with Gasteiger partial charge in [-0.3, -0.25) is 0 Å². The third kappa shape index (κ3) is 2.63. The molecule has 0 fully saturated rings. The number of aryl methyl sites for hydroxylation is 1. The van der Waals surface area contributed by atoms with Crippen LogP contribution in [0, 0.1) is 6.92 Å². The van der Waals surface area contributed by atoms with E-state index in [1.807, 2.05) is 19.2 Å². The lowest BCUT2D eigenvalue weighted by molar-refractivity contribution is 1.26. The highest BCUT2D eigenvalue weighted by atomic mass is 79.9. The molecular weight excluding hydrogens is 381 g/mol. The van der Waals surface area contributed by atoms with Crippen LogP contribution in [0.5, 0.6) is 0 Å². The predicted molar refractivity (Wildman–Crippen MR) is 87.6 cm³/mol. The quantitative estimate of drug-likeness (QED) is 0.622. The van der Waals surface area contributed by atoms with E-state index in [1.54, 1.807) is 12.1 Å². The maximum absolute atomic E-state index is 6.27. The van der Waals surface area contributed by atoms with Gasteiger partial charge in [-0.1, -0.05) is 23.2 Å². The summed E-state index contributed by atoms with van der Waals surface area (Å²) in [5.74, 6) is 0.784. The molecule has 0 aliphatic carbocycles. The Labute approximate surface area is 138 Å². The fraction of sp³-hybridized carbons (Fsp3) is 0.0769. The first-order valence-electron chi connectivity index (χ1n) is 5.69. The van der Waals surface area contributed by atoms with E-state index in [2.05, 4.69) is 30.9 Å². The number of thiazole rings is 1. The summed E-state index contributed by atoms with van der Waals surface area (Å²) in [5.41, 5.74) is 2.55. The highest BCUT2D eigenvalue weighted by Gasteiger charge is 2.18. The molecule has 3 rings (SSSR count). The summed E-state index contributed by atoms with van der Waals surface area (Å²) in [7, 11) is 0. The summed E-state index contributed by atoms with van der Waals surface area (Å²) in [5, 5.41) is 1.17. The zero-order valence-electron chi connectivity index (χ0n) is 10.2. The summed E-state index contributed by atoms with van der Waals surface area (Å²) >= 11 is 17.1. The Morgan fingerprint density at radius 2 is 2.05 bits per heavy atom. The molecule has 1 aromatic carbocycles. The van der Waals surface area contributed by atoms with Crippen molar-refractivity contribution in [2.45, 2.75) is 6.92 Å². The minimum Gasteiger partial charge on any atom is -0.344 e. The van der Waals surface area contributed by atoms with Crippen molar-refractivity contribution in [3.05, 3.63) is 44.1 Å². The monoisotopic (exact) mass is 387 g/mol. The summed E-state index contributed by atoms with van der Waals surface area (Å²) in [6, 6.07) is 5.38. The van der Waals surface area contributed by atoms with Crippen molar-refractivity contribution in [2.75, 3.05) is 0 Å². The van der Waals surface area contributed by atoms with Crippen LogP contribution in [0.25, 0.3) is 22.0 Å². The number of rotatable bonds is 2. The molecule has 0 bridgehead atoms. The van der Waals surface area contributed by atoms with Gasteiger partial charge in [-0.25, -0.2) is 9.97 Å². The number of benzene rings is 1. The van der Waals surface area contributed by atoms with Crippen LogP contribution in [-0.2, 0) is 0 Å². The summed E-state index contributed by atoms with van der Waals surface area (Å²) in [6.07, 6.45) is 1.86. The van der Waals surface area contributed by atoms with Gasteiger partial charge in [0.2, 0.25) is 0 Å². The van der Waals surface area contributed by atoms with Gasteiger partial charge in [-0.2, -0.15) is 0 Å². The summed E-state index contributed by atoms with van der Waals surface area (Å²) < 4.78 is 0.780. The third-order valence-electron chi connectivity index (χ3n) is 2.71. The van der Waals surface area contributed by atoms with E-state index in [9.17, 15) is 0 Å². The lowest BCUT2D eigenvalue weighted by atomic mass is 10.1. The molecule has 2 aromatic heterocycles. The standard InChI is InChI=1S/C13H8BrCl2N3S/c1-6-5-17-12(18-6)11-10(19-13(14)20-11)8-3-2-7(15)4-9(8)16/h2-5H,1H3,(H,17,18). The summed E-state index contributed by atoms with van der Waals surface area (Å²) in [4.78, 5) is 13.0. The Morgan fingerprint density at radius 1 is 1.25 bits per heavy atom. The number of nitrogens with one attached hydrogen (secondary N) is 1. The normalized spacial score (nSPS) is 11.0. The van der Waals surface area contributed by atoms with E-state index in [-0.39, 0.29) is 0 Å². The van der Waals surface area contributed by atoms with Crippen LogP contribution in [0.3, 0.4) is 0 Å². The van der Waals surface area contributed by atoms with Crippen LogP contribution in [0.1, 0.15) is 5.69 Å². The molecule has 0 aliphatic heterocycles. The van der Waals surface area contributed by atoms with Gasteiger partial charge < -0.3 is 4.98 Å². The first-order valence-corrected chi connectivity index (χ1v) is 8.05. The first kappa shape index (κ1) is 14.1. The van der Waals surface area contributed by atoms with Crippen LogP contribution in [0.15, 0.2) is 28.3 Å². The molecule has 0 aliphatic rings. The highest BCUT2D eigenvalue weighted by Crippen LogP contribution is 2.40. The zero-order chi connectivity index (χ0) is 14.3. The van der Waals surface area contributed by atoms with E-state index in [4.69, 9.17) is 23.2 Å². The van der Waals surface area contributed by atoms with Crippen LogP contribution < -0.4 is 0 Å². The molecule has 3 aromatic rings. The Kier molecular flexibility index (Phi) is 3.86. The number of imidazole rings is 1. The molecule has 0 saturated heterocycles. The largest absolute Gasteiger partial charge is 0.344 e. The number of hydrogen-bond donors (Lipinski definition) is 1. The van der Waals surface area contributed by atoms with Crippen molar-refractivity contribution in [1.82, 2.24) is 15.0 Å². The van der Waals surface area contributed by atoms with E-state index in [0.29, 0.717) is 10.0 Å².